The lowest BCUT2D eigenvalue weighted by Crippen LogP contribution is -2.34. The van der Waals surface area contributed by atoms with Gasteiger partial charge in [-0.1, -0.05) is 17.7 Å². The number of halogens is 1. The lowest BCUT2D eigenvalue weighted by molar-refractivity contribution is -0.142. The second-order valence-electron chi connectivity index (χ2n) is 5.16. The van der Waals surface area contributed by atoms with E-state index in [1.54, 1.807) is 25.1 Å². The van der Waals surface area contributed by atoms with Crippen LogP contribution in [0.4, 0.5) is 5.69 Å². The first-order valence-corrected chi connectivity index (χ1v) is 7.26. The Balaban J connectivity index is 2.14. The summed E-state index contributed by atoms with van der Waals surface area (Å²) in [6, 6.07) is 5.22. The monoisotopic (exact) mass is 311 g/mol. The number of carboxylic acids is 1. The number of aliphatic carboxylic acids is 1. The Morgan fingerprint density at radius 1 is 1.52 bits per heavy atom. The van der Waals surface area contributed by atoms with E-state index >= 15 is 0 Å². The number of anilines is 1. The van der Waals surface area contributed by atoms with Crippen LogP contribution in [0, 0.1) is 12.8 Å². The van der Waals surface area contributed by atoms with Gasteiger partial charge in [0.25, 0.3) is 0 Å². The molecule has 0 aliphatic carbocycles. The summed E-state index contributed by atoms with van der Waals surface area (Å²) in [6.07, 6.45) is 0.987. The Bertz CT molecular complexity index is 540. The van der Waals surface area contributed by atoms with Gasteiger partial charge in [0, 0.05) is 17.3 Å². The van der Waals surface area contributed by atoms with E-state index in [1.165, 1.54) is 0 Å². The molecule has 1 aromatic rings. The zero-order valence-electron chi connectivity index (χ0n) is 11.8. The number of rotatable bonds is 5. The molecule has 1 saturated heterocycles. The topological polar surface area (TPSA) is 75.6 Å². The van der Waals surface area contributed by atoms with Gasteiger partial charge in [-0.25, -0.2) is 0 Å². The molecule has 5 nitrogen and oxygen atoms in total. The fraction of sp³-hybridized carbons (Fsp3) is 0.467. The summed E-state index contributed by atoms with van der Waals surface area (Å²) in [6.45, 7) is 2.38. The molecule has 0 radical (unpaired) electrons. The number of benzene rings is 1. The van der Waals surface area contributed by atoms with Crippen molar-refractivity contribution in [3.8, 4) is 0 Å². The van der Waals surface area contributed by atoms with E-state index in [0.717, 1.165) is 12.0 Å². The van der Waals surface area contributed by atoms with Crippen LogP contribution in [0.15, 0.2) is 18.2 Å². The van der Waals surface area contributed by atoms with Crippen molar-refractivity contribution in [2.75, 3.05) is 11.9 Å². The fourth-order valence-electron chi connectivity index (χ4n) is 2.47. The van der Waals surface area contributed by atoms with E-state index in [1.807, 2.05) is 0 Å². The predicted molar refractivity (Wildman–Crippen MR) is 79.5 cm³/mol. The molecule has 0 unspecified atom stereocenters. The van der Waals surface area contributed by atoms with Gasteiger partial charge < -0.3 is 15.2 Å². The molecule has 0 aromatic heterocycles. The quantitative estimate of drug-likeness (QED) is 0.876. The number of carboxylic acid groups (broad SMARTS) is 1. The van der Waals surface area contributed by atoms with Gasteiger partial charge in [-0.15, -0.1) is 0 Å². The number of nitrogens with one attached hydrogen (secondary N) is 1. The molecule has 2 rings (SSSR count). The van der Waals surface area contributed by atoms with Crippen molar-refractivity contribution in [1.29, 1.82) is 0 Å². The Kier molecular flexibility index (Phi) is 5.20. The van der Waals surface area contributed by atoms with Crippen LogP contribution in [0.3, 0.4) is 0 Å². The summed E-state index contributed by atoms with van der Waals surface area (Å²) in [5.41, 5.74) is 1.36. The smallest absolute Gasteiger partial charge is 0.304 e. The highest BCUT2D eigenvalue weighted by atomic mass is 35.5. The first kappa shape index (κ1) is 15.8. The SMILES string of the molecule is Cc1c(Cl)cccc1NC(=O)[C@H](CC(=O)O)[C@@H]1CCCO1. The third-order valence-corrected chi connectivity index (χ3v) is 4.08. The molecule has 1 aliphatic rings. The molecule has 1 aromatic carbocycles. The van der Waals surface area contributed by atoms with E-state index in [-0.39, 0.29) is 18.4 Å². The number of carbonyl (C=O) groups is 2. The van der Waals surface area contributed by atoms with E-state index in [0.29, 0.717) is 23.7 Å². The van der Waals surface area contributed by atoms with Crippen LogP contribution in [0.5, 0.6) is 0 Å². The molecule has 0 saturated carbocycles. The number of amides is 1. The molecule has 21 heavy (non-hydrogen) atoms. The summed E-state index contributed by atoms with van der Waals surface area (Å²) in [4.78, 5) is 23.4. The highest BCUT2D eigenvalue weighted by molar-refractivity contribution is 6.31. The van der Waals surface area contributed by atoms with Gasteiger partial charge in [0.2, 0.25) is 5.91 Å². The number of carbonyl (C=O) groups excluding carboxylic acids is 1. The van der Waals surface area contributed by atoms with Crippen LogP contribution in [0.2, 0.25) is 5.02 Å². The first-order valence-electron chi connectivity index (χ1n) is 6.88. The van der Waals surface area contributed by atoms with E-state index in [9.17, 15) is 9.59 Å². The highest BCUT2D eigenvalue weighted by Gasteiger charge is 2.33. The minimum atomic E-state index is -1.01. The van der Waals surface area contributed by atoms with Crippen LogP contribution in [0.25, 0.3) is 0 Å². The van der Waals surface area contributed by atoms with Gasteiger partial charge in [0.15, 0.2) is 0 Å². The summed E-state index contributed by atoms with van der Waals surface area (Å²) in [7, 11) is 0. The molecule has 1 amide bonds. The fourth-order valence-corrected chi connectivity index (χ4v) is 2.64. The number of hydrogen-bond acceptors (Lipinski definition) is 3. The predicted octanol–water partition coefficient (Wildman–Crippen LogP) is 2.86. The van der Waals surface area contributed by atoms with Crippen LogP contribution in [0.1, 0.15) is 24.8 Å². The highest BCUT2D eigenvalue weighted by Crippen LogP contribution is 2.27. The minimum Gasteiger partial charge on any atom is -0.481 e. The first-order chi connectivity index (χ1) is 9.99. The second-order valence-corrected chi connectivity index (χ2v) is 5.56. The Morgan fingerprint density at radius 3 is 2.90 bits per heavy atom. The van der Waals surface area contributed by atoms with Gasteiger partial charge in [-0.05, 0) is 37.5 Å². The van der Waals surface area contributed by atoms with E-state index < -0.39 is 11.9 Å². The normalized spacial score (nSPS) is 19.2. The van der Waals surface area contributed by atoms with Crippen molar-refractivity contribution in [2.24, 2.45) is 5.92 Å². The van der Waals surface area contributed by atoms with Gasteiger partial charge in [0.1, 0.15) is 0 Å². The summed E-state index contributed by atoms with van der Waals surface area (Å²) in [5, 5.41) is 12.3. The summed E-state index contributed by atoms with van der Waals surface area (Å²) >= 11 is 6.02. The second kappa shape index (κ2) is 6.91. The summed E-state index contributed by atoms with van der Waals surface area (Å²) in [5.74, 6) is -2.04. The summed E-state index contributed by atoms with van der Waals surface area (Å²) < 4.78 is 5.48. The molecule has 1 aliphatic heterocycles. The maximum absolute atomic E-state index is 12.4. The van der Waals surface area contributed by atoms with Crippen molar-refractivity contribution in [1.82, 2.24) is 0 Å². The Hall–Kier alpha value is -1.59. The maximum atomic E-state index is 12.4. The molecule has 114 valence electrons. The molecule has 6 heteroatoms. The van der Waals surface area contributed by atoms with Crippen LogP contribution >= 0.6 is 11.6 Å². The van der Waals surface area contributed by atoms with Crippen LogP contribution < -0.4 is 5.32 Å². The largest absolute Gasteiger partial charge is 0.481 e. The molecule has 1 heterocycles. The van der Waals surface area contributed by atoms with Crippen LogP contribution in [-0.2, 0) is 14.3 Å². The average molecular weight is 312 g/mol. The lowest BCUT2D eigenvalue weighted by Gasteiger charge is -2.21. The zero-order valence-corrected chi connectivity index (χ0v) is 12.5. The standard InChI is InChI=1S/C15H18ClNO4/c1-9-11(16)4-2-5-12(9)17-15(20)10(8-14(18)19)13-6-3-7-21-13/h2,4-5,10,13H,3,6-8H2,1H3,(H,17,20)(H,18,19)/t10-,13+/m1/s1. The zero-order chi connectivity index (χ0) is 15.4. The number of ether oxygens (including phenoxy) is 1. The number of hydrogen-bond donors (Lipinski definition) is 2. The van der Waals surface area contributed by atoms with E-state index in [2.05, 4.69) is 5.32 Å². The molecule has 2 atom stereocenters. The molecule has 0 bridgehead atoms. The lowest BCUT2D eigenvalue weighted by atomic mass is 9.95. The van der Waals surface area contributed by atoms with Gasteiger partial charge in [0.05, 0.1) is 18.4 Å². The average Bonchev–Trinajstić information content (AvgIpc) is 2.94. The van der Waals surface area contributed by atoms with Crippen molar-refractivity contribution in [3.05, 3.63) is 28.8 Å². The van der Waals surface area contributed by atoms with Gasteiger partial charge in [-0.2, -0.15) is 0 Å². The van der Waals surface area contributed by atoms with Gasteiger partial charge >= 0.3 is 5.97 Å². The van der Waals surface area contributed by atoms with Crippen molar-refractivity contribution in [2.45, 2.75) is 32.3 Å². The van der Waals surface area contributed by atoms with Crippen molar-refractivity contribution < 1.29 is 19.4 Å². The molecular formula is C15H18ClNO4. The molecular weight excluding hydrogens is 294 g/mol. The maximum Gasteiger partial charge on any atom is 0.304 e. The van der Waals surface area contributed by atoms with Crippen molar-refractivity contribution >= 4 is 29.2 Å². The minimum absolute atomic E-state index is 0.240. The molecule has 2 N–H and O–H groups in total. The Labute approximate surface area is 128 Å². The third-order valence-electron chi connectivity index (χ3n) is 3.67. The molecule has 1 fully saturated rings. The van der Waals surface area contributed by atoms with Crippen LogP contribution in [-0.4, -0.2) is 29.7 Å². The van der Waals surface area contributed by atoms with E-state index in [4.69, 9.17) is 21.4 Å². The third kappa shape index (κ3) is 3.95. The van der Waals surface area contributed by atoms with Crippen molar-refractivity contribution in [3.63, 3.8) is 0 Å². The van der Waals surface area contributed by atoms with Gasteiger partial charge in [-0.3, -0.25) is 9.59 Å². The Morgan fingerprint density at radius 2 is 2.29 bits per heavy atom. The molecule has 0 spiro atoms.